The van der Waals surface area contributed by atoms with Crippen LogP contribution in [0.5, 0.6) is 0 Å². The third-order valence-electron chi connectivity index (χ3n) is 2.83. The normalized spacial score (nSPS) is 11.4. The fraction of sp³-hybridized carbons (Fsp3) is 0.462. The minimum Gasteiger partial charge on any atom is -0.481 e. The van der Waals surface area contributed by atoms with E-state index in [-0.39, 0.29) is 11.3 Å². The Balaban J connectivity index is 2.36. The third kappa shape index (κ3) is 6.35. The highest BCUT2D eigenvalue weighted by Gasteiger charge is 2.07. The molecule has 1 aromatic carbocycles. The number of carboxylic acids is 1. The van der Waals surface area contributed by atoms with Gasteiger partial charge in [0, 0.05) is 6.42 Å². The second-order valence-corrected chi connectivity index (χ2v) is 6.06. The summed E-state index contributed by atoms with van der Waals surface area (Å²) in [7, 11) is -3.64. The molecule has 0 bridgehead atoms. The average molecular weight is 285 g/mol. The lowest BCUT2D eigenvalue weighted by Crippen LogP contribution is -2.12. The van der Waals surface area contributed by atoms with Crippen molar-refractivity contribution < 1.29 is 18.3 Å². The second kappa shape index (κ2) is 7.25. The van der Waals surface area contributed by atoms with Gasteiger partial charge >= 0.3 is 5.97 Å². The molecule has 106 valence electrons. The molecule has 0 aliphatic rings. The Morgan fingerprint density at radius 3 is 2.47 bits per heavy atom. The van der Waals surface area contributed by atoms with Crippen LogP contribution in [0.15, 0.2) is 29.2 Å². The van der Waals surface area contributed by atoms with E-state index < -0.39 is 16.0 Å². The van der Waals surface area contributed by atoms with Gasteiger partial charge in [-0.05, 0) is 37.0 Å². The molecule has 0 radical (unpaired) electrons. The Morgan fingerprint density at radius 1 is 1.16 bits per heavy atom. The molecule has 1 rings (SSSR count). The van der Waals surface area contributed by atoms with Crippen LogP contribution in [0.3, 0.4) is 0 Å². The van der Waals surface area contributed by atoms with Gasteiger partial charge in [0.1, 0.15) is 0 Å². The van der Waals surface area contributed by atoms with Crippen molar-refractivity contribution in [2.45, 2.75) is 43.4 Å². The van der Waals surface area contributed by atoms with E-state index >= 15 is 0 Å². The molecule has 0 aliphatic carbocycles. The van der Waals surface area contributed by atoms with E-state index in [4.69, 9.17) is 10.2 Å². The van der Waals surface area contributed by atoms with Crippen molar-refractivity contribution in [2.75, 3.05) is 0 Å². The summed E-state index contributed by atoms with van der Waals surface area (Å²) in [5.74, 6) is -0.763. The van der Waals surface area contributed by atoms with Crippen LogP contribution in [-0.4, -0.2) is 19.5 Å². The maximum Gasteiger partial charge on any atom is 0.303 e. The molecule has 0 atom stereocenters. The highest BCUT2D eigenvalue weighted by Crippen LogP contribution is 2.13. The van der Waals surface area contributed by atoms with Crippen LogP contribution in [0.4, 0.5) is 0 Å². The largest absolute Gasteiger partial charge is 0.481 e. The molecule has 19 heavy (non-hydrogen) atoms. The van der Waals surface area contributed by atoms with Crippen molar-refractivity contribution in [3.63, 3.8) is 0 Å². The number of hydrogen-bond donors (Lipinski definition) is 2. The Labute approximate surface area is 113 Å². The van der Waals surface area contributed by atoms with Gasteiger partial charge in [-0.25, -0.2) is 13.6 Å². The number of carbonyl (C=O) groups is 1. The fourth-order valence-corrected chi connectivity index (χ4v) is 2.42. The fourth-order valence-electron chi connectivity index (χ4n) is 1.84. The number of sulfonamides is 1. The first-order chi connectivity index (χ1) is 8.89. The molecular weight excluding hydrogens is 266 g/mol. The summed E-state index contributed by atoms with van der Waals surface area (Å²) < 4.78 is 22.4. The van der Waals surface area contributed by atoms with Gasteiger partial charge in [-0.1, -0.05) is 25.0 Å². The van der Waals surface area contributed by atoms with E-state index in [2.05, 4.69) is 0 Å². The average Bonchev–Trinajstić information content (AvgIpc) is 2.32. The van der Waals surface area contributed by atoms with E-state index in [1.165, 1.54) is 6.07 Å². The molecule has 3 N–H and O–H groups in total. The van der Waals surface area contributed by atoms with E-state index in [0.717, 1.165) is 31.2 Å². The first-order valence-electron chi connectivity index (χ1n) is 6.23. The minimum absolute atomic E-state index is 0.135. The van der Waals surface area contributed by atoms with Crippen molar-refractivity contribution in [1.82, 2.24) is 0 Å². The van der Waals surface area contributed by atoms with Crippen molar-refractivity contribution in [3.05, 3.63) is 29.8 Å². The maximum absolute atomic E-state index is 11.2. The lowest BCUT2D eigenvalue weighted by atomic mass is 10.1. The predicted octanol–water partition coefficient (Wildman–Crippen LogP) is 1.91. The van der Waals surface area contributed by atoms with Gasteiger partial charge in [0.25, 0.3) is 0 Å². The minimum atomic E-state index is -3.64. The standard InChI is InChI=1S/C13H19NO4S/c14-19(17,18)12-8-5-7-11(10-12)6-3-1-2-4-9-13(15)16/h5,7-8,10H,1-4,6,9H2,(H,15,16)(H2,14,17,18). The Kier molecular flexibility index (Phi) is 5.98. The number of primary sulfonamides is 1. The van der Waals surface area contributed by atoms with Crippen LogP contribution in [0.25, 0.3) is 0 Å². The molecule has 0 saturated heterocycles. The Morgan fingerprint density at radius 2 is 1.84 bits per heavy atom. The maximum atomic E-state index is 11.2. The van der Waals surface area contributed by atoms with Crippen LogP contribution in [0, 0.1) is 0 Å². The molecule has 0 unspecified atom stereocenters. The zero-order valence-electron chi connectivity index (χ0n) is 10.7. The zero-order chi connectivity index (χ0) is 14.3. The van der Waals surface area contributed by atoms with E-state index in [1.54, 1.807) is 12.1 Å². The number of carboxylic acid groups (broad SMARTS) is 1. The molecule has 5 nitrogen and oxygen atoms in total. The third-order valence-corrected chi connectivity index (χ3v) is 3.74. The summed E-state index contributed by atoms with van der Waals surface area (Å²) in [6, 6.07) is 6.61. The van der Waals surface area contributed by atoms with Gasteiger partial charge < -0.3 is 5.11 Å². The van der Waals surface area contributed by atoms with Crippen LogP contribution < -0.4 is 5.14 Å². The SMILES string of the molecule is NS(=O)(=O)c1cccc(CCCCCCC(=O)O)c1. The van der Waals surface area contributed by atoms with Crippen molar-refractivity contribution in [3.8, 4) is 0 Å². The second-order valence-electron chi connectivity index (χ2n) is 4.50. The molecule has 0 amide bonds. The molecule has 0 heterocycles. The Hall–Kier alpha value is -1.40. The molecule has 0 aliphatic heterocycles. The Bertz CT molecular complexity index is 525. The van der Waals surface area contributed by atoms with Crippen LogP contribution in [0.2, 0.25) is 0 Å². The molecule has 1 aromatic rings. The van der Waals surface area contributed by atoms with Gasteiger partial charge in [-0.3, -0.25) is 4.79 Å². The number of hydrogen-bond acceptors (Lipinski definition) is 3. The van der Waals surface area contributed by atoms with Gasteiger partial charge in [0.05, 0.1) is 4.90 Å². The molecule has 0 aromatic heterocycles. The summed E-state index contributed by atoms with van der Waals surface area (Å²) >= 11 is 0. The van der Waals surface area contributed by atoms with E-state index in [9.17, 15) is 13.2 Å². The van der Waals surface area contributed by atoms with Crippen molar-refractivity contribution >= 4 is 16.0 Å². The topological polar surface area (TPSA) is 97.5 Å². The lowest BCUT2D eigenvalue weighted by molar-refractivity contribution is -0.137. The van der Waals surface area contributed by atoms with Crippen LogP contribution >= 0.6 is 0 Å². The quantitative estimate of drug-likeness (QED) is 0.713. The van der Waals surface area contributed by atoms with Gasteiger partial charge in [-0.2, -0.15) is 0 Å². The molecule has 0 spiro atoms. The van der Waals surface area contributed by atoms with E-state index in [1.807, 2.05) is 6.07 Å². The van der Waals surface area contributed by atoms with Crippen molar-refractivity contribution in [1.29, 1.82) is 0 Å². The summed E-state index contributed by atoms with van der Waals surface area (Å²) in [5.41, 5.74) is 0.935. The van der Waals surface area contributed by atoms with E-state index in [0.29, 0.717) is 6.42 Å². The predicted molar refractivity (Wildman–Crippen MR) is 72.2 cm³/mol. The smallest absolute Gasteiger partial charge is 0.303 e. The first kappa shape index (κ1) is 15.7. The summed E-state index contributed by atoms with van der Waals surface area (Å²) in [6.07, 6.45) is 4.39. The number of unbranched alkanes of at least 4 members (excludes halogenated alkanes) is 3. The number of rotatable bonds is 8. The highest BCUT2D eigenvalue weighted by molar-refractivity contribution is 7.89. The van der Waals surface area contributed by atoms with Gasteiger partial charge in [0.15, 0.2) is 0 Å². The number of aryl methyl sites for hydroxylation is 1. The van der Waals surface area contributed by atoms with Gasteiger partial charge in [-0.15, -0.1) is 0 Å². The van der Waals surface area contributed by atoms with Gasteiger partial charge in [0.2, 0.25) is 10.0 Å². The summed E-state index contributed by atoms with van der Waals surface area (Å²) in [6.45, 7) is 0. The first-order valence-corrected chi connectivity index (χ1v) is 7.78. The molecule has 0 saturated carbocycles. The molecule has 0 fully saturated rings. The number of aliphatic carboxylic acids is 1. The van der Waals surface area contributed by atoms with Crippen molar-refractivity contribution in [2.24, 2.45) is 5.14 Å². The lowest BCUT2D eigenvalue weighted by Gasteiger charge is -2.04. The number of nitrogens with two attached hydrogens (primary N) is 1. The molecular formula is C13H19NO4S. The monoisotopic (exact) mass is 285 g/mol. The summed E-state index contributed by atoms with van der Waals surface area (Å²) in [4.78, 5) is 10.5. The number of benzene rings is 1. The zero-order valence-corrected chi connectivity index (χ0v) is 11.5. The highest BCUT2D eigenvalue weighted by atomic mass is 32.2. The molecule has 6 heteroatoms. The summed E-state index contributed by atoms with van der Waals surface area (Å²) in [5, 5.41) is 13.6. The van der Waals surface area contributed by atoms with Crippen LogP contribution in [-0.2, 0) is 21.2 Å². The van der Waals surface area contributed by atoms with Crippen LogP contribution in [0.1, 0.15) is 37.7 Å².